The van der Waals surface area contributed by atoms with Crippen molar-refractivity contribution in [3.63, 3.8) is 0 Å². The lowest BCUT2D eigenvalue weighted by Crippen LogP contribution is -2.30. The van der Waals surface area contributed by atoms with Crippen LogP contribution < -0.4 is 0 Å². The van der Waals surface area contributed by atoms with Crippen LogP contribution >= 0.6 is 0 Å². The Balaban J connectivity index is 1.85. The van der Waals surface area contributed by atoms with Gasteiger partial charge in [0.2, 0.25) is 0 Å². The standard InChI is InChI=1S/C12H19N/c1-2-11-7-4-8-13(9-11)10-12-5-3-6-12/h4,7,9,12H,2-3,5-6,8,10H2,1H3. The molecule has 1 saturated carbocycles. The molecule has 2 aliphatic rings. The van der Waals surface area contributed by atoms with Gasteiger partial charge < -0.3 is 4.90 Å². The molecule has 0 unspecified atom stereocenters. The molecule has 1 heteroatoms. The molecule has 1 aliphatic carbocycles. The average molecular weight is 177 g/mol. The molecular weight excluding hydrogens is 158 g/mol. The predicted molar refractivity (Wildman–Crippen MR) is 56.4 cm³/mol. The van der Waals surface area contributed by atoms with Gasteiger partial charge in [0.05, 0.1) is 0 Å². The molecule has 0 radical (unpaired) electrons. The smallest absolute Gasteiger partial charge is 0.0357 e. The molecule has 0 saturated heterocycles. The lowest BCUT2D eigenvalue weighted by molar-refractivity contribution is 0.232. The predicted octanol–water partition coefficient (Wildman–Crippen LogP) is 2.95. The van der Waals surface area contributed by atoms with Gasteiger partial charge >= 0.3 is 0 Å². The Bertz CT molecular complexity index is 223. The van der Waals surface area contributed by atoms with Crippen LogP contribution in [0.1, 0.15) is 32.6 Å². The number of allylic oxidation sites excluding steroid dienone is 2. The lowest BCUT2D eigenvalue weighted by Gasteiger charge is -2.32. The maximum atomic E-state index is 2.47. The Morgan fingerprint density at radius 2 is 2.31 bits per heavy atom. The van der Waals surface area contributed by atoms with Gasteiger partial charge in [-0.2, -0.15) is 0 Å². The SMILES string of the molecule is CCC1=CN(CC2CCC2)CC=C1. The Morgan fingerprint density at radius 1 is 1.46 bits per heavy atom. The third-order valence-electron chi connectivity index (χ3n) is 3.15. The van der Waals surface area contributed by atoms with Gasteiger partial charge in [-0.3, -0.25) is 0 Å². The number of rotatable bonds is 3. The summed E-state index contributed by atoms with van der Waals surface area (Å²) in [5.74, 6) is 0.987. The Kier molecular flexibility index (Phi) is 2.72. The van der Waals surface area contributed by atoms with Crippen LogP contribution in [0.3, 0.4) is 0 Å². The first kappa shape index (κ1) is 8.86. The second kappa shape index (κ2) is 3.99. The van der Waals surface area contributed by atoms with Crippen molar-refractivity contribution in [1.29, 1.82) is 0 Å². The minimum absolute atomic E-state index is 0.987. The molecule has 0 aromatic rings. The zero-order chi connectivity index (χ0) is 9.10. The zero-order valence-corrected chi connectivity index (χ0v) is 8.50. The molecule has 1 aliphatic heterocycles. The molecule has 1 heterocycles. The van der Waals surface area contributed by atoms with E-state index in [4.69, 9.17) is 0 Å². The van der Waals surface area contributed by atoms with Crippen LogP contribution in [0.4, 0.5) is 0 Å². The van der Waals surface area contributed by atoms with Gasteiger partial charge in [0.1, 0.15) is 0 Å². The largest absolute Gasteiger partial charge is 0.373 e. The molecule has 13 heavy (non-hydrogen) atoms. The fraction of sp³-hybridized carbons (Fsp3) is 0.667. The topological polar surface area (TPSA) is 3.24 Å². The van der Waals surface area contributed by atoms with Crippen molar-refractivity contribution in [2.75, 3.05) is 13.1 Å². The summed E-state index contributed by atoms with van der Waals surface area (Å²) in [6, 6.07) is 0. The molecule has 0 aromatic carbocycles. The van der Waals surface area contributed by atoms with Crippen molar-refractivity contribution in [2.24, 2.45) is 5.92 Å². The third-order valence-corrected chi connectivity index (χ3v) is 3.15. The number of hydrogen-bond donors (Lipinski definition) is 0. The van der Waals surface area contributed by atoms with Crippen LogP contribution in [0.5, 0.6) is 0 Å². The van der Waals surface area contributed by atoms with E-state index < -0.39 is 0 Å². The van der Waals surface area contributed by atoms with E-state index in [0.717, 1.165) is 18.9 Å². The molecule has 0 bridgehead atoms. The Hall–Kier alpha value is -0.720. The Labute approximate surface area is 81.1 Å². The summed E-state index contributed by atoms with van der Waals surface area (Å²) < 4.78 is 0. The lowest BCUT2D eigenvalue weighted by atomic mass is 9.85. The molecule has 2 rings (SSSR count). The van der Waals surface area contributed by atoms with E-state index in [9.17, 15) is 0 Å². The summed E-state index contributed by atoms with van der Waals surface area (Å²) in [4.78, 5) is 2.47. The average Bonchev–Trinajstić information content (AvgIpc) is 2.12. The van der Waals surface area contributed by atoms with Gasteiger partial charge in [0.25, 0.3) is 0 Å². The van der Waals surface area contributed by atoms with Crippen LogP contribution in [-0.2, 0) is 0 Å². The van der Waals surface area contributed by atoms with E-state index in [2.05, 4.69) is 30.2 Å². The molecule has 0 N–H and O–H groups in total. The molecule has 1 nitrogen and oxygen atoms in total. The van der Waals surface area contributed by atoms with Crippen molar-refractivity contribution in [3.8, 4) is 0 Å². The highest BCUT2D eigenvalue weighted by Crippen LogP contribution is 2.27. The van der Waals surface area contributed by atoms with Gasteiger partial charge in [-0.25, -0.2) is 0 Å². The monoisotopic (exact) mass is 177 g/mol. The summed E-state index contributed by atoms with van der Waals surface area (Å²) in [6.07, 6.45) is 12.4. The van der Waals surface area contributed by atoms with Crippen molar-refractivity contribution >= 4 is 0 Å². The summed E-state index contributed by atoms with van der Waals surface area (Å²) >= 11 is 0. The van der Waals surface area contributed by atoms with E-state index in [1.54, 1.807) is 0 Å². The fourth-order valence-corrected chi connectivity index (χ4v) is 2.01. The van der Waals surface area contributed by atoms with Gasteiger partial charge in [-0.1, -0.05) is 25.5 Å². The van der Waals surface area contributed by atoms with Crippen molar-refractivity contribution in [2.45, 2.75) is 32.6 Å². The first-order valence-corrected chi connectivity index (χ1v) is 5.49. The number of hydrogen-bond acceptors (Lipinski definition) is 1. The van der Waals surface area contributed by atoms with E-state index in [0.29, 0.717) is 0 Å². The van der Waals surface area contributed by atoms with Crippen LogP contribution in [0.25, 0.3) is 0 Å². The highest BCUT2D eigenvalue weighted by molar-refractivity contribution is 5.21. The van der Waals surface area contributed by atoms with Crippen molar-refractivity contribution in [1.82, 2.24) is 4.90 Å². The van der Waals surface area contributed by atoms with Crippen LogP contribution in [0, 0.1) is 5.92 Å². The van der Waals surface area contributed by atoms with Gasteiger partial charge in [-0.15, -0.1) is 0 Å². The molecule has 72 valence electrons. The summed E-state index contributed by atoms with van der Waals surface area (Å²) in [5, 5.41) is 0. The van der Waals surface area contributed by atoms with Gasteiger partial charge in [0.15, 0.2) is 0 Å². The second-order valence-electron chi connectivity index (χ2n) is 4.21. The van der Waals surface area contributed by atoms with Crippen LogP contribution in [0.15, 0.2) is 23.9 Å². The molecule has 1 fully saturated rings. The molecule has 0 spiro atoms. The molecule has 0 amide bonds. The fourth-order valence-electron chi connectivity index (χ4n) is 2.01. The van der Waals surface area contributed by atoms with E-state index >= 15 is 0 Å². The highest BCUT2D eigenvalue weighted by atomic mass is 15.1. The van der Waals surface area contributed by atoms with Gasteiger partial charge in [-0.05, 0) is 30.8 Å². The second-order valence-corrected chi connectivity index (χ2v) is 4.21. The number of nitrogens with zero attached hydrogens (tertiary/aromatic N) is 1. The molecule has 0 atom stereocenters. The quantitative estimate of drug-likeness (QED) is 0.640. The maximum Gasteiger partial charge on any atom is 0.0357 e. The highest BCUT2D eigenvalue weighted by Gasteiger charge is 2.19. The third kappa shape index (κ3) is 2.15. The summed E-state index contributed by atoms with van der Waals surface area (Å²) in [5.41, 5.74) is 1.48. The van der Waals surface area contributed by atoms with Crippen molar-refractivity contribution in [3.05, 3.63) is 23.9 Å². The first-order valence-electron chi connectivity index (χ1n) is 5.49. The van der Waals surface area contributed by atoms with Gasteiger partial charge in [0, 0.05) is 19.3 Å². The zero-order valence-electron chi connectivity index (χ0n) is 8.50. The van der Waals surface area contributed by atoms with E-state index in [1.165, 1.54) is 31.4 Å². The van der Waals surface area contributed by atoms with Crippen molar-refractivity contribution < 1.29 is 0 Å². The minimum atomic E-state index is 0.987. The van der Waals surface area contributed by atoms with Crippen LogP contribution in [-0.4, -0.2) is 18.0 Å². The first-order chi connectivity index (χ1) is 6.38. The van der Waals surface area contributed by atoms with Crippen LogP contribution in [0.2, 0.25) is 0 Å². The Morgan fingerprint density at radius 3 is 2.92 bits per heavy atom. The minimum Gasteiger partial charge on any atom is -0.373 e. The van der Waals surface area contributed by atoms with E-state index in [1.807, 2.05) is 0 Å². The summed E-state index contributed by atoms with van der Waals surface area (Å²) in [7, 11) is 0. The normalized spacial score (nSPS) is 22.8. The van der Waals surface area contributed by atoms with E-state index in [-0.39, 0.29) is 0 Å². The molecular formula is C12H19N. The summed E-state index contributed by atoms with van der Waals surface area (Å²) in [6.45, 7) is 4.64. The molecule has 0 aromatic heterocycles. The maximum absolute atomic E-state index is 2.47.